The Kier molecular flexibility index (Phi) is 8.51. The Hall–Kier alpha value is -2.35. The number of nitrogens with one attached hydrogen (secondary N) is 1. The molecule has 0 saturated heterocycles. The number of amides is 1. The number of benzene rings is 3. The van der Waals surface area contributed by atoms with Gasteiger partial charge in [0.25, 0.3) is 5.91 Å². The number of hydrazone groups is 1. The molecule has 3 aromatic rings. The number of carbonyl (C=O) groups is 1. The van der Waals surface area contributed by atoms with Crippen LogP contribution in [0.1, 0.15) is 28.4 Å². The van der Waals surface area contributed by atoms with Crippen LogP contribution in [0.3, 0.4) is 0 Å². The van der Waals surface area contributed by atoms with Crippen molar-refractivity contribution in [1.29, 1.82) is 0 Å². The molecule has 0 spiro atoms. The Labute approximate surface area is 202 Å². The zero-order chi connectivity index (χ0) is 22.2. The van der Waals surface area contributed by atoms with Crippen molar-refractivity contribution in [2.75, 3.05) is 6.61 Å². The first-order valence-corrected chi connectivity index (χ1v) is 11.4. The van der Waals surface area contributed by atoms with Gasteiger partial charge in [-0.1, -0.05) is 35.9 Å². The molecule has 3 rings (SSSR count). The maximum absolute atomic E-state index is 12.3. The first-order valence-electron chi connectivity index (χ1n) is 9.39. The molecule has 0 bridgehead atoms. The van der Waals surface area contributed by atoms with Crippen molar-refractivity contribution in [2.45, 2.75) is 13.5 Å². The molecule has 0 heterocycles. The first-order chi connectivity index (χ1) is 15.0. The summed E-state index contributed by atoms with van der Waals surface area (Å²) in [6.07, 6.45) is 1.54. The normalized spacial score (nSPS) is 10.8. The molecule has 0 unspecified atom stereocenters. The van der Waals surface area contributed by atoms with Gasteiger partial charge in [0.15, 0.2) is 11.5 Å². The molecule has 8 heteroatoms. The summed E-state index contributed by atoms with van der Waals surface area (Å²) in [5, 5.41) is 4.71. The molecule has 0 aliphatic heterocycles. The zero-order valence-electron chi connectivity index (χ0n) is 16.6. The number of nitrogens with zero attached hydrogens (tertiary/aromatic N) is 1. The van der Waals surface area contributed by atoms with Crippen LogP contribution in [-0.4, -0.2) is 18.7 Å². The van der Waals surface area contributed by atoms with E-state index in [1.54, 1.807) is 30.5 Å². The summed E-state index contributed by atoms with van der Waals surface area (Å²) in [4.78, 5) is 12.3. The number of carbonyl (C=O) groups excluding carboxylic acids is 1. The van der Waals surface area contributed by atoms with Gasteiger partial charge in [0, 0.05) is 9.50 Å². The van der Waals surface area contributed by atoms with E-state index in [0.717, 1.165) is 11.1 Å². The maximum atomic E-state index is 12.3. The summed E-state index contributed by atoms with van der Waals surface area (Å²) in [5.41, 5.74) is 4.71. The van der Waals surface area contributed by atoms with Crippen molar-refractivity contribution in [3.8, 4) is 11.5 Å². The molecule has 0 aromatic heterocycles. The van der Waals surface area contributed by atoms with E-state index in [0.29, 0.717) is 44.2 Å². The second-order valence-corrected chi connectivity index (χ2v) is 8.51. The predicted molar refractivity (Wildman–Crippen MR) is 130 cm³/mol. The fraction of sp³-hybridized carbons (Fsp3) is 0.130. The van der Waals surface area contributed by atoms with Crippen LogP contribution in [-0.2, 0) is 6.61 Å². The second kappa shape index (κ2) is 11.3. The van der Waals surface area contributed by atoms with Gasteiger partial charge in [-0.3, -0.25) is 4.79 Å². The van der Waals surface area contributed by atoms with Crippen molar-refractivity contribution in [3.63, 3.8) is 0 Å². The number of rotatable bonds is 8. The van der Waals surface area contributed by atoms with Gasteiger partial charge in [-0.05, 0) is 86.3 Å². The molecule has 0 aliphatic rings. The van der Waals surface area contributed by atoms with Crippen LogP contribution in [0.2, 0.25) is 5.02 Å². The van der Waals surface area contributed by atoms with Gasteiger partial charge in [-0.2, -0.15) is 5.10 Å². The van der Waals surface area contributed by atoms with Gasteiger partial charge in [0.05, 0.1) is 22.9 Å². The number of halogens is 3. The monoisotopic (exact) mass is 564 g/mol. The molecule has 0 saturated carbocycles. The van der Waals surface area contributed by atoms with Crippen molar-refractivity contribution in [1.82, 2.24) is 5.43 Å². The topological polar surface area (TPSA) is 59.9 Å². The lowest BCUT2D eigenvalue weighted by molar-refractivity contribution is 0.0954. The third-order valence-corrected chi connectivity index (χ3v) is 5.62. The lowest BCUT2D eigenvalue weighted by Crippen LogP contribution is -2.18. The van der Waals surface area contributed by atoms with Crippen molar-refractivity contribution < 1.29 is 14.3 Å². The summed E-state index contributed by atoms with van der Waals surface area (Å²) >= 11 is 12.9. The van der Waals surface area contributed by atoms with Gasteiger partial charge in [0.2, 0.25) is 0 Å². The molecule has 31 heavy (non-hydrogen) atoms. The Morgan fingerprint density at radius 1 is 1.06 bits per heavy atom. The maximum Gasteiger partial charge on any atom is 0.272 e. The van der Waals surface area contributed by atoms with E-state index in [4.69, 9.17) is 21.1 Å². The van der Waals surface area contributed by atoms with E-state index in [1.807, 2.05) is 43.3 Å². The summed E-state index contributed by atoms with van der Waals surface area (Å²) in [6.45, 7) is 2.71. The molecule has 0 radical (unpaired) electrons. The molecule has 0 fully saturated rings. The highest BCUT2D eigenvalue weighted by Crippen LogP contribution is 2.37. The summed E-state index contributed by atoms with van der Waals surface area (Å²) in [5.74, 6) is 0.836. The molecule has 1 N–H and O–H groups in total. The number of hydrogen-bond donors (Lipinski definition) is 1. The summed E-state index contributed by atoms with van der Waals surface area (Å²) < 4.78 is 13.1. The highest BCUT2D eigenvalue weighted by atomic mass is 79.9. The van der Waals surface area contributed by atoms with Crippen molar-refractivity contribution >= 4 is 55.6 Å². The van der Waals surface area contributed by atoms with Crippen LogP contribution in [0.5, 0.6) is 11.5 Å². The third-order valence-electron chi connectivity index (χ3n) is 4.10. The smallest absolute Gasteiger partial charge is 0.272 e. The first kappa shape index (κ1) is 23.3. The average molecular weight is 567 g/mol. The standard InChI is InChI=1S/C23H19Br2ClN2O3/c1-2-30-21-12-16(13-27-28-23(29)18-8-3-4-9-19(18)24)11-20(25)22(21)31-14-15-6-5-7-17(26)10-15/h3-13H,2,14H2,1H3,(H,28,29)/b27-13+. The SMILES string of the molecule is CCOc1cc(/C=N/NC(=O)c2ccccc2Br)cc(Br)c1OCc1cccc(Cl)c1. The fourth-order valence-electron chi connectivity index (χ4n) is 2.72. The molecular weight excluding hydrogens is 548 g/mol. The highest BCUT2D eigenvalue weighted by molar-refractivity contribution is 9.10. The molecule has 5 nitrogen and oxygen atoms in total. The highest BCUT2D eigenvalue weighted by Gasteiger charge is 2.13. The average Bonchev–Trinajstić information content (AvgIpc) is 2.73. The molecular formula is C23H19Br2ClN2O3. The molecule has 1 amide bonds. The minimum Gasteiger partial charge on any atom is -0.490 e. The Morgan fingerprint density at radius 2 is 1.87 bits per heavy atom. The van der Waals surface area contributed by atoms with Gasteiger partial charge < -0.3 is 9.47 Å². The number of hydrogen-bond acceptors (Lipinski definition) is 4. The molecule has 160 valence electrons. The fourth-order valence-corrected chi connectivity index (χ4v) is 3.97. The van der Waals surface area contributed by atoms with Gasteiger partial charge in [-0.25, -0.2) is 5.43 Å². The lowest BCUT2D eigenvalue weighted by Gasteiger charge is -2.15. The minimum atomic E-state index is -0.311. The molecule has 0 aliphatic carbocycles. The van der Waals surface area contributed by atoms with E-state index in [1.165, 1.54) is 0 Å². The predicted octanol–water partition coefficient (Wildman–Crippen LogP) is 6.61. The van der Waals surface area contributed by atoms with Crippen LogP contribution < -0.4 is 14.9 Å². The third kappa shape index (κ3) is 6.56. The largest absolute Gasteiger partial charge is 0.490 e. The zero-order valence-corrected chi connectivity index (χ0v) is 20.5. The Morgan fingerprint density at radius 3 is 2.61 bits per heavy atom. The number of ether oxygens (including phenoxy) is 2. The Balaban J connectivity index is 1.73. The van der Waals surface area contributed by atoms with Crippen LogP contribution in [0.4, 0.5) is 0 Å². The van der Waals surface area contributed by atoms with E-state index in [2.05, 4.69) is 42.4 Å². The van der Waals surface area contributed by atoms with E-state index >= 15 is 0 Å². The summed E-state index contributed by atoms with van der Waals surface area (Å²) in [7, 11) is 0. The van der Waals surface area contributed by atoms with Crippen molar-refractivity contribution in [3.05, 3.63) is 91.3 Å². The second-order valence-electron chi connectivity index (χ2n) is 6.36. The van der Waals surface area contributed by atoms with Gasteiger partial charge >= 0.3 is 0 Å². The van der Waals surface area contributed by atoms with E-state index < -0.39 is 0 Å². The van der Waals surface area contributed by atoms with E-state index in [9.17, 15) is 4.79 Å². The molecule has 0 atom stereocenters. The van der Waals surface area contributed by atoms with Crippen LogP contribution >= 0.6 is 43.5 Å². The van der Waals surface area contributed by atoms with Crippen LogP contribution in [0, 0.1) is 0 Å². The van der Waals surface area contributed by atoms with Gasteiger partial charge in [-0.15, -0.1) is 0 Å². The summed E-state index contributed by atoms with van der Waals surface area (Å²) in [6, 6.07) is 18.3. The van der Waals surface area contributed by atoms with E-state index in [-0.39, 0.29) is 5.91 Å². The van der Waals surface area contributed by atoms with Gasteiger partial charge in [0.1, 0.15) is 6.61 Å². The Bertz CT molecular complexity index is 1110. The minimum absolute atomic E-state index is 0.311. The lowest BCUT2D eigenvalue weighted by atomic mass is 10.2. The van der Waals surface area contributed by atoms with Crippen molar-refractivity contribution in [2.24, 2.45) is 5.10 Å². The van der Waals surface area contributed by atoms with Crippen LogP contribution in [0.15, 0.2) is 74.7 Å². The molecule has 3 aromatic carbocycles. The quantitative estimate of drug-likeness (QED) is 0.247. The van der Waals surface area contributed by atoms with Crippen LogP contribution in [0.25, 0.3) is 0 Å².